The number of carbonyl (C=O) groups excluding carboxylic acids is 1. The van der Waals surface area contributed by atoms with Crippen molar-refractivity contribution in [3.8, 4) is 22.8 Å². The number of methoxy groups -OCH3 is 2. The lowest BCUT2D eigenvalue weighted by Gasteiger charge is -2.24. The molecule has 0 saturated carbocycles. The Morgan fingerprint density at radius 1 is 1.05 bits per heavy atom. The van der Waals surface area contributed by atoms with Crippen LogP contribution in [-0.4, -0.2) is 62.9 Å². The highest BCUT2D eigenvalue weighted by Gasteiger charge is 2.41. The molecule has 3 aromatic rings. The van der Waals surface area contributed by atoms with Crippen LogP contribution in [-0.2, 0) is 19.6 Å². The highest BCUT2D eigenvalue weighted by atomic mass is 35.5. The van der Waals surface area contributed by atoms with E-state index in [1.165, 1.54) is 30.7 Å². The van der Waals surface area contributed by atoms with E-state index in [1.807, 2.05) is 12.1 Å². The van der Waals surface area contributed by atoms with Crippen LogP contribution in [0.3, 0.4) is 0 Å². The highest BCUT2D eigenvalue weighted by Crippen LogP contribution is 2.33. The van der Waals surface area contributed by atoms with Crippen molar-refractivity contribution in [1.82, 2.24) is 9.29 Å². The molecule has 0 spiro atoms. The van der Waals surface area contributed by atoms with Crippen LogP contribution in [0.4, 0.5) is 0 Å². The lowest BCUT2D eigenvalue weighted by atomic mass is 10.0. The number of ether oxygens (including phenoxy) is 3. The minimum Gasteiger partial charge on any atom is -0.497 e. The maximum atomic E-state index is 13.5. The van der Waals surface area contributed by atoms with Crippen molar-refractivity contribution in [1.29, 1.82) is 5.41 Å². The molecule has 0 amide bonds. The van der Waals surface area contributed by atoms with Crippen molar-refractivity contribution < 1.29 is 27.4 Å². The van der Waals surface area contributed by atoms with Gasteiger partial charge in [-0.25, -0.2) is 8.42 Å². The van der Waals surface area contributed by atoms with Gasteiger partial charge in [-0.1, -0.05) is 0 Å². The highest BCUT2D eigenvalue weighted by molar-refractivity contribution is 7.89. The molecule has 10 nitrogen and oxygen atoms in total. The van der Waals surface area contributed by atoms with Crippen LogP contribution in [0.5, 0.6) is 11.5 Å². The summed E-state index contributed by atoms with van der Waals surface area (Å²) in [6, 6.07) is 16.6. The molecule has 3 N–H and O–H groups in total. The van der Waals surface area contributed by atoms with Crippen LogP contribution in [0, 0.1) is 11.3 Å². The third kappa shape index (κ3) is 7.05. The van der Waals surface area contributed by atoms with E-state index in [-0.39, 0.29) is 54.6 Å². The SMILES string of the molecule is COC(=O)C[C@@H]1C[C@@H](COc2ccc(-c3ccc(C(=N)N)cn3)cc2)N(S(=O)(=O)c2ccc(OC)cc2)C1.Cl. The Bertz CT molecular complexity index is 1380. The van der Waals surface area contributed by atoms with Crippen molar-refractivity contribution in [3.63, 3.8) is 0 Å². The van der Waals surface area contributed by atoms with Crippen molar-refractivity contribution >= 4 is 34.2 Å². The van der Waals surface area contributed by atoms with Crippen molar-refractivity contribution in [2.45, 2.75) is 23.8 Å². The van der Waals surface area contributed by atoms with E-state index in [1.54, 1.807) is 42.6 Å². The van der Waals surface area contributed by atoms with Crippen LogP contribution >= 0.6 is 12.4 Å². The van der Waals surface area contributed by atoms with Gasteiger partial charge in [0.1, 0.15) is 23.9 Å². The van der Waals surface area contributed by atoms with Crippen LogP contribution in [0.2, 0.25) is 0 Å². The molecule has 1 aliphatic heterocycles. The van der Waals surface area contributed by atoms with Crippen molar-refractivity contribution in [2.75, 3.05) is 27.4 Å². The second-order valence-corrected chi connectivity index (χ2v) is 10.9. The van der Waals surface area contributed by atoms with Gasteiger partial charge in [0.25, 0.3) is 0 Å². The molecule has 0 aliphatic carbocycles. The fourth-order valence-electron chi connectivity index (χ4n) is 4.41. The van der Waals surface area contributed by atoms with E-state index in [2.05, 4.69) is 4.98 Å². The number of nitrogens with two attached hydrogens (primary N) is 1. The number of hydrogen-bond acceptors (Lipinski definition) is 8. The van der Waals surface area contributed by atoms with Gasteiger partial charge in [0.2, 0.25) is 10.0 Å². The predicted octanol–water partition coefficient (Wildman–Crippen LogP) is 3.48. The molecule has 2 aromatic carbocycles. The lowest BCUT2D eigenvalue weighted by Crippen LogP contribution is -2.39. The number of pyridine rings is 1. The van der Waals surface area contributed by atoms with E-state index in [9.17, 15) is 13.2 Å². The van der Waals surface area contributed by atoms with Gasteiger partial charge >= 0.3 is 5.97 Å². The Morgan fingerprint density at radius 3 is 2.28 bits per heavy atom. The fourth-order valence-corrected chi connectivity index (χ4v) is 6.11. The molecular formula is C27H31ClN4O6S. The van der Waals surface area contributed by atoms with Gasteiger partial charge < -0.3 is 19.9 Å². The molecule has 1 saturated heterocycles. The van der Waals surface area contributed by atoms with Crippen LogP contribution < -0.4 is 15.2 Å². The summed E-state index contributed by atoms with van der Waals surface area (Å²) in [7, 11) is -0.996. The van der Waals surface area contributed by atoms with Gasteiger partial charge in [0.05, 0.1) is 30.9 Å². The molecule has 39 heavy (non-hydrogen) atoms. The molecule has 1 aromatic heterocycles. The van der Waals surface area contributed by atoms with Gasteiger partial charge in [-0.3, -0.25) is 15.2 Å². The second kappa shape index (κ2) is 12.9. The minimum absolute atomic E-state index is 0. The first-order valence-corrected chi connectivity index (χ1v) is 13.4. The third-order valence-electron chi connectivity index (χ3n) is 6.47. The Balaban J connectivity index is 0.00000420. The number of nitrogen functional groups attached to an aromatic ring is 1. The quantitative estimate of drug-likeness (QED) is 0.213. The zero-order valence-corrected chi connectivity index (χ0v) is 23.2. The van der Waals surface area contributed by atoms with Crippen LogP contribution in [0.15, 0.2) is 71.8 Å². The fraction of sp³-hybridized carbons (Fsp3) is 0.296. The number of nitrogens with zero attached hydrogens (tertiary/aromatic N) is 2. The zero-order valence-electron chi connectivity index (χ0n) is 21.6. The van der Waals surface area contributed by atoms with E-state index in [0.717, 1.165) is 11.3 Å². The molecule has 0 radical (unpaired) electrons. The minimum atomic E-state index is -3.83. The van der Waals surface area contributed by atoms with Crippen molar-refractivity contribution in [3.05, 3.63) is 72.4 Å². The van der Waals surface area contributed by atoms with E-state index >= 15 is 0 Å². The largest absolute Gasteiger partial charge is 0.497 e. The number of halogens is 1. The maximum Gasteiger partial charge on any atom is 0.305 e. The predicted molar refractivity (Wildman–Crippen MR) is 149 cm³/mol. The smallest absolute Gasteiger partial charge is 0.305 e. The molecule has 0 bridgehead atoms. The molecule has 1 aliphatic rings. The van der Waals surface area contributed by atoms with Crippen LogP contribution in [0.25, 0.3) is 11.3 Å². The molecule has 0 unspecified atom stereocenters. The van der Waals surface area contributed by atoms with Gasteiger partial charge in [0, 0.05) is 30.3 Å². The summed E-state index contributed by atoms with van der Waals surface area (Å²) in [5.41, 5.74) is 7.61. The number of amidine groups is 1. The summed E-state index contributed by atoms with van der Waals surface area (Å²) in [5.74, 6) is 0.528. The van der Waals surface area contributed by atoms with Crippen LogP contribution in [0.1, 0.15) is 18.4 Å². The maximum absolute atomic E-state index is 13.5. The van der Waals surface area contributed by atoms with Gasteiger partial charge in [0.15, 0.2) is 0 Å². The van der Waals surface area contributed by atoms with Gasteiger partial charge in [-0.2, -0.15) is 4.31 Å². The molecule has 12 heteroatoms. The molecule has 4 rings (SSSR count). The number of nitrogens with one attached hydrogen (secondary N) is 1. The molecule has 2 atom stereocenters. The zero-order chi connectivity index (χ0) is 27.3. The summed E-state index contributed by atoms with van der Waals surface area (Å²) in [6.07, 6.45) is 2.14. The molecule has 1 fully saturated rings. The monoisotopic (exact) mass is 574 g/mol. The molecular weight excluding hydrogens is 544 g/mol. The molecule has 208 valence electrons. The first-order valence-electron chi connectivity index (χ1n) is 12.0. The Hall–Kier alpha value is -3.67. The number of aromatic nitrogens is 1. The van der Waals surface area contributed by atoms with E-state index < -0.39 is 16.1 Å². The Morgan fingerprint density at radius 2 is 1.72 bits per heavy atom. The number of carbonyl (C=O) groups is 1. The summed E-state index contributed by atoms with van der Waals surface area (Å²) < 4.78 is 44.4. The Labute approximate surface area is 234 Å². The normalized spacial score (nSPS) is 17.2. The van der Waals surface area contributed by atoms with Gasteiger partial charge in [-0.05, 0) is 73.0 Å². The van der Waals surface area contributed by atoms with E-state index in [0.29, 0.717) is 23.5 Å². The first-order chi connectivity index (χ1) is 18.2. The second-order valence-electron chi connectivity index (χ2n) is 8.97. The standard InChI is InChI=1S/C27H30N4O6S.ClH/c1-35-22-8-10-24(11-9-22)38(33,34)31-16-18(14-26(32)36-2)13-21(31)17-37-23-6-3-19(4-7-23)25-12-5-20(15-30-25)27(28)29;/h3-12,15,18,21H,13-14,16-17H2,1-2H3,(H3,28,29);1H/t18-,21-;/m0./s1. The average Bonchev–Trinajstić information content (AvgIpc) is 3.35. The number of sulfonamides is 1. The lowest BCUT2D eigenvalue weighted by molar-refractivity contribution is -0.141. The topological polar surface area (TPSA) is 145 Å². The number of benzene rings is 2. The number of hydrogen-bond donors (Lipinski definition) is 2. The van der Waals surface area contributed by atoms with E-state index in [4.69, 9.17) is 25.4 Å². The third-order valence-corrected chi connectivity index (χ3v) is 8.40. The van der Waals surface area contributed by atoms with Gasteiger partial charge in [-0.15, -0.1) is 12.4 Å². The number of rotatable bonds is 10. The number of esters is 1. The molecule has 2 heterocycles. The summed E-state index contributed by atoms with van der Waals surface area (Å²) in [5, 5.41) is 7.48. The average molecular weight is 575 g/mol. The first kappa shape index (κ1) is 29.9. The Kier molecular flexibility index (Phi) is 9.90. The van der Waals surface area contributed by atoms with Crippen molar-refractivity contribution in [2.24, 2.45) is 11.7 Å². The summed E-state index contributed by atoms with van der Waals surface area (Å²) >= 11 is 0. The summed E-state index contributed by atoms with van der Waals surface area (Å²) in [6.45, 7) is 0.316. The summed E-state index contributed by atoms with van der Waals surface area (Å²) in [4.78, 5) is 16.4.